The molecule has 0 aliphatic heterocycles. The number of rotatable bonds is 3. The molecule has 0 saturated heterocycles. The van der Waals surface area contributed by atoms with Gasteiger partial charge in [-0.2, -0.15) is 0 Å². The van der Waals surface area contributed by atoms with Crippen LogP contribution in [-0.4, -0.2) is 30.0 Å². The van der Waals surface area contributed by atoms with Crippen molar-refractivity contribution in [3.05, 3.63) is 0 Å². The zero-order chi connectivity index (χ0) is 8.15. The molecule has 0 bridgehead atoms. The summed E-state index contributed by atoms with van der Waals surface area (Å²) in [6, 6.07) is 0. The predicted octanol–water partition coefficient (Wildman–Crippen LogP) is 0.268. The maximum atomic E-state index is 12.4. The molecular weight excluding hydrogens is 139 g/mol. The van der Waals surface area contributed by atoms with Crippen molar-refractivity contribution in [1.29, 1.82) is 0 Å². The largest absolute Gasteiger partial charge is 0.464 e. The van der Waals surface area contributed by atoms with E-state index >= 15 is 0 Å². The van der Waals surface area contributed by atoms with Gasteiger partial charge in [0.1, 0.15) is 0 Å². The molecule has 0 aliphatic rings. The first-order valence-electron chi connectivity index (χ1n) is 3.08. The lowest BCUT2D eigenvalue weighted by molar-refractivity contribution is -0.152. The molecule has 3 nitrogen and oxygen atoms in total. The second kappa shape index (κ2) is 4.22. The molecule has 0 amide bonds. The van der Waals surface area contributed by atoms with E-state index < -0.39 is 18.2 Å². The maximum Gasteiger partial charge on any atom is 0.343 e. The highest BCUT2D eigenvalue weighted by Gasteiger charge is 2.23. The van der Waals surface area contributed by atoms with Crippen LogP contribution < -0.4 is 0 Å². The van der Waals surface area contributed by atoms with E-state index in [-0.39, 0.29) is 6.61 Å². The van der Waals surface area contributed by atoms with Gasteiger partial charge in [-0.1, -0.05) is 0 Å². The number of alkyl halides is 1. The average molecular weight is 150 g/mol. The van der Waals surface area contributed by atoms with Crippen molar-refractivity contribution in [1.82, 2.24) is 0 Å². The third-order valence-corrected chi connectivity index (χ3v) is 0.935. The quantitative estimate of drug-likeness (QED) is 0.587. The zero-order valence-electron chi connectivity index (χ0n) is 6.00. The van der Waals surface area contributed by atoms with Gasteiger partial charge in [0.15, 0.2) is 0 Å². The van der Waals surface area contributed by atoms with E-state index in [9.17, 15) is 9.18 Å². The molecule has 0 aromatic rings. The first-order valence-corrected chi connectivity index (χ1v) is 3.08. The number of hydrogen-bond acceptors (Lipinski definition) is 3. The molecule has 0 saturated carbocycles. The average Bonchev–Trinajstić information content (AvgIpc) is 1.87. The minimum absolute atomic E-state index is 0.131. The standard InChI is InChI=1S/C6H11FO3/c1-3-10-6(9)5(7)4(2)8/h4-5,8H,3H2,1-2H3/t4-,5-/m0/s1. The van der Waals surface area contributed by atoms with Crippen LogP contribution in [0.4, 0.5) is 4.39 Å². The minimum Gasteiger partial charge on any atom is -0.464 e. The summed E-state index contributed by atoms with van der Waals surface area (Å²) in [6.45, 7) is 2.90. The number of aliphatic hydroxyl groups is 1. The Morgan fingerprint density at radius 2 is 2.30 bits per heavy atom. The number of esters is 1. The molecule has 0 aliphatic carbocycles. The van der Waals surface area contributed by atoms with Gasteiger partial charge in [-0.25, -0.2) is 9.18 Å². The molecule has 0 rings (SSSR count). The summed E-state index contributed by atoms with van der Waals surface area (Å²) >= 11 is 0. The second-order valence-corrected chi connectivity index (χ2v) is 1.89. The summed E-state index contributed by atoms with van der Waals surface area (Å²) in [5.74, 6) is -1.00. The lowest BCUT2D eigenvalue weighted by atomic mass is 10.2. The molecule has 0 radical (unpaired) electrons. The smallest absolute Gasteiger partial charge is 0.343 e. The van der Waals surface area contributed by atoms with E-state index in [1.807, 2.05) is 0 Å². The van der Waals surface area contributed by atoms with E-state index in [1.54, 1.807) is 6.92 Å². The second-order valence-electron chi connectivity index (χ2n) is 1.89. The molecule has 0 fully saturated rings. The molecule has 2 atom stereocenters. The van der Waals surface area contributed by atoms with Crippen LogP contribution in [0.2, 0.25) is 0 Å². The van der Waals surface area contributed by atoms with E-state index in [2.05, 4.69) is 4.74 Å². The molecule has 0 heterocycles. The van der Waals surface area contributed by atoms with Crippen LogP contribution in [0.5, 0.6) is 0 Å². The fourth-order valence-corrected chi connectivity index (χ4v) is 0.419. The van der Waals surface area contributed by atoms with Crippen molar-refractivity contribution in [2.45, 2.75) is 26.1 Å². The normalized spacial score (nSPS) is 16.0. The third-order valence-electron chi connectivity index (χ3n) is 0.935. The highest BCUT2D eigenvalue weighted by Crippen LogP contribution is 2.00. The Morgan fingerprint density at radius 3 is 2.60 bits per heavy atom. The van der Waals surface area contributed by atoms with Gasteiger partial charge in [0, 0.05) is 0 Å². The molecule has 0 unspecified atom stereocenters. The van der Waals surface area contributed by atoms with E-state index in [1.165, 1.54) is 6.92 Å². The molecule has 4 heteroatoms. The third kappa shape index (κ3) is 2.77. The van der Waals surface area contributed by atoms with Crippen LogP contribution in [-0.2, 0) is 9.53 Å². The van der Waals surface area contributed by atoms with Crippen molar-refractivity contribution in [2.24, 2.45) is 0 Å². The Balaban J connectivity index is 3.71. The van der Waals surface area contributed by atoms with Crippen molar-refractivity contribution in [3.63, 3.8) is 0 Å². The van der Waals surface area contributed by atoms with Crippen molar-refractivity contribution < 1.29 is 19.0 Å². The minimum atomic E-state index is -1.92. The summed E-state index contributed by atoms with van der Waals surface area (Å²) in [4.78, 5) is 10.4. The molecule has 0 spiro atoms. The topological polar surface area (TPSA) is 46.5 Å². The fraction of sp³-hybridized carbons (Fsp3) is 0.833. The van der Waals surface area contributed by atoms with Crippen LogP contribution in [0.15, 0.2) is 0 Å². The van der Waals surface area contributed by atoms with Gasteiger partial charge in [0.2, 0.25) is 6.17 Å². The molecule has 0 aromatic heterocycles. The fourth-order valence-electron chi connectivity index (χ4n) is 0.419. The lowest BCUT2D eigenvalue weighted by Crippen LogP contribution is -2.29. The Hall–Kier alpha value is -0.640. The van der Waals surface area contributed by atoms with Gasteiger partial charge in [0.05, 0.1) is 12.7 Å². The first kappa shape index (κ1) is 9.36. The number of ether oxygens (including phenoxy) is 1. The SMILES string of the molecule is CCOC(=O)[C@@H](F)[C@H](C)O. The van der Waals surface area contributed by atoms with Crippen molar-refractivity contribution >= 4 is 5.97 Å². The number of hydrogen-bond donors (Lipinski definition) is 1. The Labute approximate surface area is 58.8 Å². The first-order chi connectivity index (χ1) is 4.59. The Kier molecular flexibility index (Phi) is 3.95. The number of carbonyl (C=O) groups excluding carboxylic acids is 1. The molecule has 10 heavy (non-hydrogen) atoms. The lowest BCUT2D eigenvalue weighted by Gasteiger charge is -2.08. The van der Waals surface area contributed by atoms with Gasteiger partial charge in [-0.3, -0.25) is 0 Å². The molecular formula is C6H11FO3. The summed E-state index contributed by atoms with van der Waals surface area (Å²) in [7, 11) is 0. The summed E-state index contributed by atoms with van der Waals surface area (Å²) in [5.41, 5.74) is 0. The van der Waals surface area contributed by atoms with E-state index in [0.29, 0.717) is 0 Å². The van der Waals surface area contributed by atoms with Crippen LogP contribution >= 0.6 is 0 Å². The molecule has 0 aromatic carbocycles. The van der Waals surface area contributed by atoms with Crippen LogP contribution in [0.25, 0.3) is 0 Å². The van der Waals surface area contributed by atoms with Crippen molar-refractivity contribution in [3.8, 4) is 0 Å². The van der Waals surface area contributed by atoms with Crippen LogP contribution in [0.1, 0.15) is 13.8 Å². The Bertz CT molecular complexity index is 114. The predicted molar refractivity (Wildman–Crippen MR) is 33.2 cm³/mol. The van der Waals surface area contributed by atoms with Gasteiger partial charge < -0.3 is 9.84 Å². The molecule has 1 N–H and O–H groups in total. The van der Waals surface area contributed by atoms with Gasteiger partial charge in [0.25, 0.3) is 0 Å². The van der Waals surface area contributed by atoms with Gasteiger partial charge in [-0.15, -0.1) is 0 Å². The number of halogens is 1. The highest BCUT2D eigenvalue weighted by molar-refractivity contribution is 5.75. The maximum absolute atomic E-state index is 12.4. The monoisotopic (exact) mass is 150 g/mol. The molecule has 60 valence electrons. The van der Waals surface area contributed by atoms with Crippen LogP contribution in [0.3, 0.4) is 0 Å². The van der Waals surface area contributed by atoms with E-state index in [4.69, 9.17) is 5.11 Å². The number of carbonyl (C=O) groups is 1. The highest BCUT2D eigenvalue weighted by atomic mass is 19.1. The number of aliphatic hydroxyl groups excluding tert-OH is 1. The summed E-state index contributed by atoms with van der Waals surface area (Å²) < 4.78 is 16.7. The Morgan fingerprint density at radius 1 is 1.80 bits per heavy atom. The van der Waals surface area contributed by atoms with E-state index in [0.717, 1.165) is 0 Å². The van der Waals surface area contributed by atoms with Gasteiger partial charge >= 0.3 is 5.97 Å². The van der Waals surface area contributed by atoms with Gasteiger partial charge in [-0.05, 0) is 13.8 Å². The van der Waals surface area contributed by atoms with Crippen molar-refractivity contribution in [2.75, 3.05) is 6.61 Å². The van der Waals surface area contributed by atoms with Crippen LogP contribution in [0, 0.1) is 0 Å². The summed E-state index contributed by atoms with van der Waals surface area (Å²) in [6.07, 6.45) is -3.21. The zero-order valence-corrected chi connectivity index (χ0v) is 6.00. The summed E-state index contributed by atoms with van der Waals surface area (Å²) in [5, 5.41) is 8.54.